The van der Waals surface area contributed by atoms with Gasteiger partial charge in [-0.2, -0.15) is 8.78 Å². The van der Waals surface area contributed by atoms with Crippen molar-refractivity contribution in [3.63, 3.8) is 0 Å². The third-order valence-corrected chi connectivity index (χ3v) is 2.32. The van der Waals surface area contributed by atoms with Crippen LogP contribution in [0.15, 0.2) is 42.6 Å². The first-order valence-electron chi connectivity index (χ1n) is 5.28. The molecule has 0 aliphatic heterocycles. The fourth-order valence-electron chi connectivity index (χ4n) is 1.51. The molecule has 3 nitrogen and oxygen atoms in total. The SMILES string of the molecule is O=C(c1ccccn1)c1cccc(OC(F)F)c1F. The molecule has 98 valence electrons. The maximum Gasteiger partial charge on any atom is 0.387 e. The molecule has 0 saturated carbocycles. The number of carbonyl (C=O) groups excluding carboxylic acids is 1. The van der Waals surface area contributed by atoms with Gasteiger partial charge in [0, 0.05) is 6.20 Å². The Labute approximate surface area is 106 Å². The van der Waals surface area contributed by atoms with E-state index in [2.05, 4.69) is 9.72 Å². The molecule has 0 atom stereocenters. The van der Waals surface area contributed by atoms with Crippen molar-refractivity contribution >= 4 is 5.78 Å². The quantitative estimate of drug-likeness (QED) is 0.799. The fourth-order valence-corrected chi connectivity index (χ4v) is 1.51. The van der Waals surface area contributed by atoms with E-state index in [1.165, 1.54) is 24.4 Å². The highest BCUT2D eigenvalue weighted by atomic mass is 19.3. The van der Waals surface area contributed by atoms with Gasteiger partial charge < -0.3 is 4.74 Å². The third-order valence-electron chi connectivity index (χ3n) is 2.32. The second kappa shape index (κ2) is 5.51. The predicted octanol–water partition coefficient (Wildman–Crippen LogP) is 3.05. The highest BCUT2D eigenvalue weighted by Crippen LogP contribution is 2.23. The first-order valence-corrected chi connectivity index (χ1v) is 5.28. The lowest BCUT2D eigenvalue weighted by Gasteiger charge is -2.08. The van der Waals surface area contributed by atoms with Crippen molar-refractivity contribution in [3.8, 4) is 5.75 Å². The van der Waals surface area contributed by atoms with Crippen LogP contribution in [0.5, 0.6) is 5.75 Å². The highest BCUT2D eigenvalue weighted by molar-refractivity contribution is 6.08. The molecule has 0 aliphatic rings. The number of alkyl halides is 2. The van der Waals surface area contributed by atoms with Gasteiger partial charge in [-0.15, -0.1) is 0 Å². The topological polar surface area (TPSA) is 39.2 Å². The summed E-state index contributed by atoms with van der Waals surface area (Å²) in [6.45, 7) is -3.16. The van der Waals surface area contributed by atoms with Gasteiger partial charge in [-0.3, -0.25) is 9.78 Å². The van der Waals surface area contributed by atoms with Gasteiger partial charge in [0.05, 0.1) is 5.56 Å². The molecule has 0 radical (unpaired) electrons. The van der Waals surface area contributed by atoms with Crippen LogP contribution in [0.4, 0.5) is 13.2 Å². The molecule has 0 fully saturated rings. The molecular weight excluding hydrogens is 259 g/mol. The minimum Gasteiger partial charge on any atom is -0.432 e. The molecule has 0 saturated heterocycles. The summed E-state index contributed by atoms with van der Waals surface area (Å²) in [4.78, 5) is 15.7. The number of ketones is 1. The molecule has 0 aliphatic carbocycles. The van der Waals surface area contributed by atoms with Crippen LogP contribution in [0.1, 0.15) is 16.1 Å². The van der Waals surface area contributed by atoms with E-state index in [-0.39, 0.29) is 11.3 Å². The number of hydrogen-bond acceptors (Lipinski definition) is 3. The molecule has 6 heteroatoms. The number of benzene rings is 1. The Hall–Kier alpha value is -2.37. The molecule has 2 aromatic rings. The maximum absolute atomic E-state index is 13.9. The molecular formula is C13H8F3NO2. The first-order chi connectivity index (χ1) is 9.09. The zero-order chi connectivity index (χ0) is 13.8. The zero-order valence-corrected chi connectivity index (χ0v) is 9.52. The first kappa shape index (κ1) is 13.1. The van der Waals surface area contributed by atoms with Gasteiger partial charge in [0.1, 0.15) is 5.69 Å². The lowest BCUT2D eigenvalue weighted by molar-refractivity contribution is -0.0522. The summed E-state index contributed by atoms with van der Waals surface area (Å²) >= 11 is 0. The van der Waals surface area contributed by atoms with Crippen molar-refractivity contribution in [1.82, 2.24) is 4.98 Å². The van der Waals surface area contributed by atoms with Gasteiger partial charge in [0.25, 0.3) is 0 Å². The van der Waals surface area contributed by atoms with Gasteiger partial charge >= 0.3 is 6.61 Å². The minimum atomic E-state index is -3.16. The molecule has 0 bridgehead atoms. The van der Waals surface area contributed by atoms with Gasteiger partial charge in [0.2, 0.25) is 5.78 Å². The van der Waals surface area contributed by atoms with E-state index in [4.69, 9.17) is 0 Å². The summed E-state index contributed by atoms with van der Waals surface area (Å²) in [6, 6.07) is 8.04. The van der Waals surface area contributed by atoms with Crippen molar-refractivity contribution in [1.29, 1.82) is 0 Å². The van der Waals surface area contributed by atoms with E-state index in [0.717, 1.165) is 6.07 Å². The molecule has 0 amide bonds. The standard InChI is InChI=1S/C13H8F3NO2/c14-11-8(4-3-6-10(11)19-13(15)16)12(18)9-5-1-2-7-17-9/h1-7,13H. The fraction of sp³-hybridized carbons (Fsp3) is 0.0769. The van der Waals surface area contributed by atoms with E-state index in [0.29, 0.717) is 0 Å². The molecule has 0 unspecified atom stereocenters. The number of rotatable bonds is 4. The van der Waals surface area contributed by atoms with Crippen molar-refractivity contribution in [2.24, 2.45) is 0 Å². The molecule has 2 rings (SSSR count). The summed E-state index contributed by atoms with van der Waals surface area (Å²) in [5, 5.41) is 0. The summed E-state index contributed by atoms with van der Waals surface area (Å²) < 4.78 is 42.0. The van der Waals surface area contributed by atoms with Crippen molar-refractivity contribution in [3.05, 3.63) is 59.7 Å². The molecule has 0 spiro atoms. The van der Waals surface area contributed by atoms with Crippen LogP contribution in [0.2, 0.25) is 0 Å². The van der Waals surface area contributed by atoms with Crippen LogP contribution in [0.3, 0.4) is 0 Å². The lowest BCUT2D eigenvalue weighted by Crippen LogP contribution is -2.09. The Balaban J connectivity index is 2.38. The molecule has 19 heavy (non-hydrogen) atoms. The van der Waals surface area contributed by atoms with E-state index in [1.807, 2.05) is 0 Å². The molecule has 1 aromatic carbocycles. The number of halogens is 3. The van der Waals surface area contributed by atoms with Crippen LogP contribution in [-0.4, -0.2) is 17.4 Å². The van der Waals surface area contributed by atoms with E-state index >= 15 is 0 Å². The third kappa shape index (κ3) is 2.90. The van der Waals surface area contributed by atoms with Crippen LogP contribution in [0.25, 0.3) is 0 Å². The lowest BCUT2D eigenvalue weighted by atomic mass is 10.1. The number of pyridine rings is 1. The average Bonchev–Trinajstić information content (AvgIpc) is 2.41. The Bertz CT molecular complexity index is 588. The minimum absolute atomic E-state index is 0.0237. The van der Waals surface area contributed by atoms with Crippen LogP contribution in [0, 0.1) is 5.82 Å². The molecule has 0 N–H and O–H groups in total. The summed E-state index contributed by atoms with van der Waals surface area (Å²) in [7, 11) is 0. The Morgan fingerprint density at radius 2 is 1.95 bits per heavy atom. The second-order valence-electron chi connectivity index (χ2n) is 3.54. The van der Waals surface area contributed by atoms with E-state index < -0.39 is 24.0 Å². The number of carbonyl (C=O) groups is 1. The number of hydrogen-bond donors (Lipinski definition) is 0. The smallest absolute Gasteiger partial charge is 0.387 e. The monoisotopic (exact) mass is 267 g/mol. The van der Waals surface area contributed by atoms with Crippen LogP contribution in [-0.2, 0) is 0 Å². The average molecular weight is 267 g/mol. The highest BCUT2D eigenvalue weighted by Gasteiger charge is 2.19. The molecule has 1 aromatic heterocycles. The van der Waals surface area contributed by atoms with Gasteiger partial charge in [-0.05, 0) is 24.3 Å². The van der Waals surface area contributed by atoms with Gasteiger partial charge in [0.15, 0.2) is 11.6 Å². The van der Waals surface area contributed by atoms with Crippen molar-refractivity contribution in [2.75, 3.05) is 0 Å². The predicted molar refractivity (Wildman–Crippen MR) is 60.7 cm³/mol. The Kier molecular flexibility index (Phi) is 3.79. The Morgan fingerprint density at radius 3 is 2.58 bits per heavy atom. The number of nitrogens with zero attached hydrogens (tertiary/aromatic N) is 1. The Morgan fingerprint density at radius 1 is 1.16 bits per heavy atom. The van der Waals surface area contributed by atoms with Gasteiger partial charge in [-0.25, -0.2) is 4.39 Å². The number of ether oxygens (including phenoxy) is 1. The molecule has 1 heterocycles. The van der Waals surface area contributed by atoms with E-state index in [1.54, 1.807) is 12.1 Å². The zero-order valence-electron chi connectivity index (χ0n) is 9.52. The van der Waals surface area contributed by atoms with Crippen molar-refractivity contribution in [2.45, 2.75) is 6.61 Å². The normalized spacial score (nSPS) is 10.5. The van der Waals surface area contributed by atoms with Crippen LogP contribution >= 0.6 is 0 Å². The largest absolute Gasteiger partial charge is 0.432 e. The van der Waals surface area contributed by atoms with E-state index in [9.17, 15) is 18.0 Å². The van der Waals surface area contributed by atoms with Crippen LogP contribution < -0.4 is 4.74 Å². The summed E-state index contributed by atoms with van der Waals surface area (Å²) in [5.74, 6) is -2.49. The summed E-state index contributed by atoms with van der Waals surface area (Å²) in [5.41, 5.74) is -0.340. The maximum atomic E-state index is 13.9. The van der Waals surface area contributed by atoms with Crippen molar-refractivity contribution < 1.29 is 22.7 Å². The van der Waals surface area contributed by atoms with Gasteiger partial charge in [-0.1, -0.05) is 12.1 Å². The summed E-state index contributed by atoms with van der Waals surface area (Å²) in [6.07, 6.45) is 1.38. The second-order valence-corrected chi connectivity index (χ2v) is 3.54. The number of aromatic nitrogens is 1.